The van der Waals surface area contributed by atoms with Gasteiger partial charge < -0.3 is 5.32 Å². The lowest BCUT2D eigenvalue weighted by molar-refractivity contribution is 0.102. The Hall–Kier alpha value is -2.43. The van der Waals surface area contributed by atoms with Gasteiger partial charge in [-0.1, -0.05) is 41.4 Å². The monoisotopic (exact) mass is 409 g/mol. The van der Waals surface area contributed by atoms with Crippen LogP contribution < -0.4 is 5.32 Å². The van der Waals surface area contributed by atoms with Crippen LogP contribution in [0.4, 0.5) is 5.00 Å². The Morgan fingerprint density at radius 2 is 1.57 bits per heavy atom. The number of carbonyl (C=O) groups is 2. The highest BCUT2D eigenvalue weighted by Gasteiger charge is 2.27. The third-order valence-electron chi connectivity index (χ3n) is 5.05. The SMILES string of the molecule is Cc1ccc(C(=O)c2c(NC(=O)c3ccc(Cl)cc3)sc3c2CCCC3)cc1. The zero-order valence-corrected chi connectivity index (χ0v) is 17.1. The maximum Gasteiger partial charge on any atom is 0.256 e. The van der Waals surface area contributed by atoms with Crippen molar-refractivity contribution in [1.82, 2.24) is 0 Å². The molecule has 1 N–H and O–H groups in total. The highest BCUT2D eigenvalue weighted by Crippen LogP contribution is 2.39. The maximum atomic E-state index is 13.3. The summed E-state index contributed by atoms with van der Waals surface area (Å²) >= 11 is 7.45. The van der Waals surface area contributed by atoms with Gasteiger partial charge in [0.15, 0.2) is 5.78 Å². The summed E-state index contributed by atoms with van der Waals surface area (Å²) in [6.45, 7) is 2.00. The quantitative estimate of drug-likeness (QED) is 0.531. The molecule has 1 aromatic heterocycles. The average molecular weight is 410 g/mol. The molecule has 1 aliphatic rings. The number of aryl methyl sites for hydroxylation is 2. The first-order chi connectivity index (χ1) is 13.5. The molecule has 1 amide bonds. The molecule has 4 rings (SSSR count). The van der Waals surface area contributed by atoms with Crippen LogP contribution in [-0.4, -0.2) is 11.7 Å². The molecule has 5 heteroatoms. The summed E-state index contributed by atoms with van der Waals surface area (Å²) in [6.07, 6.45) is 4.04. The minimum Gasteiger partial charge on any atom is -0.313 e. The molecule has 1 aliphatic carbocycles. The second-order valence-electron chi connectivity index (χ2n) is 7.07. The number of carbonyl (C=O) groups excluding carboxylic acids is 2. The zero-order chi connectivity index (χ0) is 19.7. The lowest BCUT2D eigenvalue weighted by atomic mass is 9.91. The minimum atomic E-state index is -0.229. The average Bonchev–Trinajstić information content (AvgIpc) is 3.06. The summed E-state index contributed by atoms with van der Waals surface area (Å²) < 4.78 is 0. The molecule has 3 nitrogen and oxygen atoms in total. The van der Waals surface area contributed by atoms with Gasteiger partial charge in [0.1, 0.15) is 5.00 Å². The number of thiophene rings is 1. The predicted octanol–water partition coefficient (Wildman–Crippen LogP) is 6.07. The van der Waals surface area contributed by atoms with E-state index in [2.05, 4.69) is 5.32 Å². The van der Waals surface area contributed by atoms with Crippen LogP contribution in [0.25, 0.3) is 0 Å². The van der Waals surface area contributed by atoms with Crippen molar-refractivity contribution in [2.24, 2.45) is 0 Å². The number of amides is 1. The molecular formula is C23H20ClNO2S. The Labute approximate surface area is 173 Å². The van der Waals surface area contributed by atoms with E-state index in [4.69, 9.17) is 11.6 Å². The fourth-order valence-corrected chi connectivity index (χ4v) is 4.93. The summed E-state index contributed by atoms with van der Waals surface area (Å²) in [5.41, 5.74) is 4.04. The molecule has 0 radical (unpaired) electrons. The van der Waals surface area contributed by atoms with Crippen molar-refractivity contribution in [2.45, 2.75) is 32.6 Å². The first-order valence-electron chi connectivity index (χ1n) is 9.36. The van der Waals surface area contributed by atoms with E-state index in [-0.39, 0.29) is 11.7 Å². The Morgan fingerprint density at radius 3 is 2.29 bits per heavy atom. The van der Waals surface area contributed by atoms with E-state index in [1.807, 2.05) is 31.2 Å². The van der Waals surface area contributed by atoms with Gasteiger partial charge in [0.2, 0.25) is 0 Å². The molecule has 2 aromatic carbocycles. The minimum absolute atomic E-state index is 0.0224. The first-order valence-corrected chi connectivity index (χ1v) is 10.5. The van der Waals surface area contributed by atoms with Crippen LogP contribution in [0.5, 0.6) is 0 Å². The molecule has 0 saturated heterocycles. The van der Waals surface area contributed by atoms with Crippen LogP contribution in [0, 0.1) is 6.92 Å². The molecule has 0 fully saturated rings. The third kappa shape index (κ3) is 3.75. The van der Waals surface area contributed by atoms with Crippen molar-refractivity contribution in [2.75, 3.05) is 5.32 Å². The maximum absolute atomic E-state index is 13.3. The van der Waals surface area contributed by atoms with Crippen LogP contribution in [-0.2, 0) is 12.8 Å². The van der Waals surface area contributed by atoms with Crippen LogP contribution in [0.15, 0.2) is 48.5 Å². The van der Waals surface area contributed by atoms with Crippen LogP contribution >= 0.6 is 22.9 Å². The standard InChI is InChI=1S/C23H20ClNO2S/c1-14-6-8-15(9-7-14)21(26)20-18-4-2-3-5-19(18)28-23(20)25-22(27)16-10-12-17(24)13-11-16/h6-13H,2-5H2,1H3,(H,25,27). The van der Waals surface area contributed by atoms with Gasteiger partial charge in [0, 0.05) is 21.0 Å². The molecule has 0 saturated carbocycles. The molecule has 0 unspecified atom stereocenters. The summed E-state index contributed by atoms with van der Waals surface area (Å²) in [5, 5.41) is 4.21. The Bertz CT molecular complexity index is 1040. The Balaban J connectivity index is 1.71. The van der Waals surface area contributed by atoms with E-state index in [1.54, 1.807) is 24.3 Å². The van der Waals surface area contributed by atoms with E-state index in [0.717, 1.165) is 36.8 Å². The van der Waals surface area contributed by atoms with Gasteiger partial charge in [-0.05, 0) is 62.4 Å². The van der Waals surface area contributed by atoms with Crippen molar-refractivity contribution in [3.05, 3.63) is 86.2 Å². The fourth-order valence-electron chi connectivity index (χ4n) is 3.52. The number of rotatable bonds is 4. The van der Waals surface area contributed by atoms with Crippen molar-refractivity contribution in [3.63, 3.8) is 0 Å². The van der Waals surface area contributed by atoms with Crippen molar-refractivity contribution >= 4 is 39.6 Å². The van der Waals surface area contributed by atoms with Gasteiger partial charge >= 0.3 is 0 Å². The van der Waals surface area contributed by atoms with Gasteiger partial charge in [0.05, 0.1) is 5.56 Å². The lowest BCUT2D eigenvalue weighted by Crippen LogP contribution is -2.15. The Morgan fingerprint density at radius 1 is 0.929 bits per heavy atom. The molecule has 1 heterocycles. The number of anilines is 1. The van der Waals surface area contributed by atoms with E-state index in [0.29, 0.717) is 26.7 Å². The number of ketones is 1. The highest BCUT2D eigenvalue weighted by atomic mass is 35.5. The first kappa shape index (κ1) is 18.9. The third-order valence-corrected chi connectivity index (χ3v) is 6.50. The summed E-state index contributed by atoms with van der Waals surface area (Å²) in [5.74, 6) is -0.251. The van der Waals surface area contributed by atoms with Gasteiger partial charge in [-0.2, -0.15) is 0 Å². The van der Waals surface area contributed by atoms with E-state index >= 15 is 0 Å². The number of fused-ring (bicyclic) bond motifs is 1. The number of hydrogen-bond acceptors (Lipinski definition) is 3. The fraction of sp³-hybridized carbons (Fsp3) is 0.217. The van der Waals surface area contributed by atoms with E-state index in [9.17, 15) is 9.59 Å². The molecule has 0 spiro atoms. The van der Waals surface area contributed by atoms with Crippen molar-refractivity contribution in [1.29, 1.82) is 0 Å². The van der Waals surface area contributed by atoms with Crippen LogP contribution in [0.3, 0.4) is 0 Å². The van der Waals surface area contributed by atoms with Crippen molar-refractivity contribution < 1.29 is 9.59 Å². The zero-order valence-electron chi connectivity index (χ0n) is 15.5. The molecule has 0 atom stereocenters. The number of hydrogen-bond donors (Lipinski definition) is 1. The normalized spacial score (nSPS) is 13.1. The summed E-state index contributed by atoms with van der Waals surface area (Å²) in [4.78, 5) is 27.3. The molecule has 142 valence electrons. The molecular weight excluding hydrogens is 390 g/mol. The second kappa shape index (κ2) is 7.90. The summed E-state index contributed by atoms with van der Waals surface area (Å²) in [6, 6.07) is 14.3. The number of benzene rings is 2. The molecule has 28 heavy (non-hydrogen) atoms. The number of nitrogens with one attached hydrogen (secondary N) is 1. The van der Waals surface area contributed by atoms with Gasteiger partial charge in [0.25, 0.3) is 5.91 Å². The van der Waals surface area contributed by atoms with Gasteiger partial charge in [-0.25, -0.2) is 0 Å². The Kier molecular flexibility index (Phi) is 5.33. The van der Waals surface area contributed by atoms with Crippen molar-refractivity contribution in [3.8, 4) is 0 Å². The largest absolute Gasteiger partial charge is 0.313 e. The summed E-state index contributed by atoms with van der Waals surface area (Å²) in [7, 11) is 0. The second-order valence-corrected chi connectivity index (χ2v) is 8.61. The topological polar surface area (TPSA) is 46.2 Å². The molecule has 0 aliphatic heterocycles. The van der Waals surface area contributed by atoms with Crippen LogP contribution in [0.1, 0.15) is 55.1 Å². The van der Waals surface area contributed by atoms with E-state index in [1.165, 1.54) is 16.2 Å². The smallest absolute Gasteiger partial charge is 0.256 e. The van der Waals surface area contributed by atoms with Gasteiger partial charge in [-0.15, -0.1) is 11.3 Å². The highest BCUT2D eigenvalue weighted by molar-refractivity contribution is 7.17. The molecule has 0 bridgehead atoms. The van der Waals surface area contributed by atoms with Gasteiger partial charge in [-0.3, -0.25) is 9.59 Å². The molecule has 3 aromatic rings. The predicted molar refractivity (Wildman–Crippen MR) is 115 cm³/mol. The lowest BCUT2D eigenvalue weighted by Gasteiger charge is -2.13. The number of halogens is 1. The van der Waals surface area contributed by atoms with E-state index < -0.39 is 0 Å². The van der Waals surface area contributed by atoms with Crippen LogP contribution in [0.2, 0.25) is 5.02 Å².